The predicted octanol–water partition coefficient (Wildman–Crippen LogP) is 3.10. The number of nitrogens with one attached hydrogen (secondary N) is 1. The van der Waals surface area contributed by atoms with Crippen molar-refractivity contribution in [3.05, 3.63) is 18.2 Å². The zero-order valence-corrected chi connectivity index (χ0v) is 13.8. The SMILES string of the molecule is CC(C)(C)OC(=O)NCCc1cncn1C(C)(C)C1CC1. The number of hydrogen-bond acceptors (Lipinski definition) is 3. The molecule has 118 valence electrons. The van der Waals surface area contributed by atoms with Crippen molar-refractivity contribution in [2.75, 3.05) is 6.54 Å². The largest absolute Gasteiger partial charge is 0.444 e. The van der Waals surface area contributed by atoms with E-state index in [4.69, 9.17) is 4.74 Å². The molecule has 21 heavy (non-hydrogen) atoms. The maximum absolute atomic E-state index is 11.6. The molecule has 0 aromatic carbocycles. The van der Waals surface area contributed by atoms with Crippen molar-refractivity contribution in [2.24, 2.45) is 5.92 Å². The van der Waals surface area contributed by atoms with Crippen LogP contribution >= 0.6 is 0 Å². The van der Waals surface area contributed by atoms with E-state index < -0.39 is 5.60 Å². The first-order chi connectivity index (χ1) is 9.70. The number of carbonyl (C=O) groups is 1. The number of imidazole rings is 1. The van der Waals surface area contributed by atoms with Crippen LogP contribution in [0.4, 0.5) is 4.79 Å². The minimum Gasteiger partial charge on any atom is -0.444 e. The number of carbonyl (C=O) groups excluding carboxylic acids is 1. The second-order valence-electron chi connectivity index (χ2n) is 7.36. The first kappa shape index (κ1) is 15.9. The second kappa shape index (κ2) is 5.70. The van der Waals surface area contributed by atoms with Crippen molar-refractivity contribution in [1.29, 1.82) is 0 Å². The smallest absolute Gasteiger partial charge is 0.407 e. The molecule has 0 spiro atoms. The lowest BCUT2D eigenvalue weighted by molar-refractivity contribution is 0.0528. The summed E-state index contributed by atoms with van der Waals surface area (Å²) in [6.07, 6.45) is 6.77. The molecule has 2 rings (SSSR count). The Balaban J connectivity index is 1.87. The Bertz CT molecular complexity index is 496. The van der Waals surface area contributed by atoms with Crippen LogP contribution in [0.1, 0.15) is 53.2 Å². The van der Waals surface area contributed by atoms with E-state index in [0.717, 1.165) is 18.0 Å². The molecule has 1 aliphatic carbocycles. The number of nitrogens with zero attached hydrogens (tertiary/aromatic N) is 2. The molecule has 1 aliphatic rings. The van der Waals surface area contributed by atoms with Crippen molar-refractivity contribution in [3.63, 3.8) is 0 Å². The Morgan fingerprint density at radius 1 is 1.38 bits per heavy atom. The molecular formula is C16H27N3O2. The summed E-state index contributed by atoms with van der Waals surface area (Å²) in [4.78, 5) is 15.9. The van der Waals surface area contributed by atoms with Crippen LogP contribution in [0.3, 0.4) is 0 Å². The third-order valence-electron chi connectivity index (χ3n) is 3.96. The number of aromatic nitrogens is 2. The van der Waals surface area contributed by atoms with Gasteiger partial charge >= 0.3 is 6.09 Å². The molecule has 1 aromatic rings. The first-order valence-electron chi connectivity index (χ1n) is 7.69. The van der Waals surface area contributed by atoms with Crippen LogP contribution in [0.15, 0.2) is 12.5 Å². The average molecular weight is 293 g/mol. The van der Waals surface area contributed by atoms with Crippen LogP contribution in [0.25, 0.3) is 0 Å². The van der Waals surface area contributed by atoms with Crippen molar-refractivity contribution in [1.82, 2.24) is 14.9 Å². The topological polar surface area (TPSA) is 56.1 Å². The van der Waals surface area contributed by atoms with Crippen LogP contribution in [0.5, 0.6) is 0 Å². The van der Waals surface area contributed by atoms with E-state index in [1.807, 2.05) is 33.3 Å². The number of amides is 1. The molecule has 0 unspecified atom stereocenters. The Morgan fingerprint density at radius 2 is 2.05 bits per heavy atom. The number of ether oxygens (including phenoxy) is 1. The van der Waals surface area contributed by atoms with Crippen molar-refractivity contribution < 1.29 is 9.53 Å². The first-order valence-corrected chi connectivity index (χ1v) is 7.69. The van der Waals surface area contributed by atoms with Crippen LogP contribution in [0.2, 0.25) is 0 Å². The quantitative estimate of drug-likeness (QED) is 0.907. The number of hydrogen-bond donors (Lipinski definition) is 1. The molecular weight excluding hydrogens is 266 g/mol. The third kappa shape index (κ3) is 4.22. The summed E-state index contributed by atoms with van der Waals surface area (Å²) in [6, 6.07) is 0. The molecule has 0 atom stereocenters. The van der Waals surface area contributed by atoms with Gasteiger partial charge in [-0.1, -0.05) is 0 Å². The Kier molecular flexibility index (Phi) is 4.30. The lowest BCUT2D eigenvalue weighted by Gasteiger charge is -2.29. The highest BCUT2D eigenvalue weighted by Crippen LogP contribution is 2.44. The fourth-order valence-corrected chi connectivity index (χ4v) is 2.62. The molecule has 1 saturated carbocycles. The lowest BCUT2D eigenvalue weighted by Crippen LogP contribution is -2.34. The Morgan fingerprint density at radius 3 is 2.62 bits per heavy atom. The third-order valence-corrected chi connectivity index (χ3v) is 3.96. The highest BCUT2D eigenvalue weighted by Gasteiger charge is 2.39. The van der Waals surface area contributed by atoms with Gasteiger partial charge in [-0.2, -0.15) is 0 Å². The lowest BCUT2D eigenvalue weighted by atomic mass is 9.98. The molecule has 1 N–H and O–H groups in total. The van der Waals surface area contributed by atoms with Gasteiger partial charge in [0, 0.05) is 30.4 Å². The summed E-state index contributed by atoms with van der Waals surface area (Å²) in [6.45, 7) is 10.7. The fourth-order valence-electron chi connectivity index (χ4n) is 2.62. The Labute approximate surface area is 127 Å². The molecule has 0 radical (unpaired) electrons. The van der Waals surface area contributed by atoms with E-state index in [1.165, 1.54) is 12.8 Å². The van der Waals surface area contributed by atoms with Crippen LogP contribution in [-0.2, 0) is 16.7 Å². The van der Waals surface area contributed by atoms with Gasteiger partial charge in [0.1, 0.15) is 5.60 Å². The zero-order chi connectivity index (χ0) is 15.7. The highest BCUT2D eigenvalue weighted by atomic mass is 16.6. The van der Waals surface area contributed by atoms with E-state index in [0.29, 0.717) is 6.54 Å². The Hall–Kier alpha value is -1.52. The molecule has 5 heteroatoms. The van der Waals surface area contributed by atoms with E-state index in [-0.39, 0.29) is 11.6 Å². The minimum atomic E-state index is -0.459. The molecule has 5 nitrogen and oxygen atoms in total. The number of alkyl carbamates (subject to hydrolysis) is 1. The van der Waals surface area contributed by atoms with E-state index in [1.54, 1.807) is 0 Å². The molecule has 0 aliphatic heterocycles. The van der Waals surface area contributed by atoms with Crippen molar-refractivity contribution in [3.8, 4) is 0 Å². The van der Waals surface area contributed by atoms with Crippen molar-refractivity contribution in [2.45, 2.75) is 65.0 Å². The standard InChI is InChI=1S/C16H27N3O2/c1-15(2,3)21-14(20)18-9-8-13-10-17-11-19(13)16(4,5)12-6-7-12/h10-12H,6-9H2,1-5H3,(H,18,20). The maximum Gasteiger partial charge on any atom is 0.407 e. The fraction of sp³-hybridized carbons (Fsp3) is 0.750. The zero-order valence-electron chi connectivity index (χ0n) is 13.8. The van der Waals surface area contributed by atoms with Crippen LogP contribution in [0, 0.1) is 5.92 Å². The molecule has 1 amide bonds. The maximum atomic E-state index is 11.6. The van der Waals surface area contributed by atoms with Gasteiger partial charge in [0.2, 0.25) is 0 Å². The summed E-state index contributed by atoms with van der Waals surface area (Å²) in [5.41, 5.74) is 0.806. The summed E-state index contributed by atoms with van der Waals surface area (Å²) in [5.74, 6) is 0.740. The van der Waals surface area contributed by atoms with Crippen LogP contribution in [-0.4, -0.2) is 27.8 Å². The molecule has 0 saturated heterocycles. The molecule has 0 bridgehead atoms. The highest BCUT2D eigenvalue weighted by molar-refractivity contribution is 5.67. The monoisotopic (exact) mass is 293 g/mol. The van der Waals surface area contributed by atoms with Gasteiger partial charge in [0.05, 0.1) is 6.33 Å². The second-order valence-corrected chi connectivity index (χ2v) is 7.36. The van der Waals surface area contributed by atoms with Gasteiger partial charge in [-0.15, -0.1) is 0 Å². The van der Waals surface area contributed by atoms with E-state index in [2.05, 4.69) is 28.7 Å². The molecule has 1 fully saturated rings. The van der Waals surface area contributed by atoms with Crippen LogP contribution < -0.4 is 5.32 Å². The van der Waals surface area contributed by atoms with Gasteiger partial charge in [0.25, 0.3) is 0 Å². The van der Waals surface area contributed by atoms with E-state index in [9.17, 15) is 4.79 Å². The summed E-state index contributed by atoms with van der Waals surface area (Å²) >= 11 is 0. The average Bonchev–Trinajstić information content (AvgIpc) is 3.08. The van der Waals surface area contributed by atoms with Gasteiger partial charge < -0.3 is 14.6 Å². The van der Waals surface area contributed by atoms with Gasteiger partial charge in [0.15, 0.2) is 0 Å². The van der Waals surface area contributed by atoms with E-state index >= 15 is 0 Å². The minimum absolute atomic E-state index is 0.109. The molecule has 1 aromatic heterocycles. The van der Waals surface area contributed by atoms with Gasteiger partial charge in [-0.25, -0.2) is 9.78 Å². The molecule has 1 heterocycles. The van der Waals surface area contributed by atoms with Gasteiger partial charge in [-0.05, 0) is 53.4 Å². The summed E-state index contributed by atoms with van der Waals surface area (Å²) in [7, 11) is 0. The van der Waals surface area contributed by atoms with Gasteiger partial charge in [-0.3, -0.25) is 0 Å². The summed E-state index contributed by atoms with van der Waals surface area (Å²) in [5, 5.41) is 2.80. The van der Waals surface area contributed by atoms with Crippen molar-refractivity contribution >= 4 is 6.09 Å². The summed E-state index contributed by atoms with van der Waals surface area (Å²) < 4.78 is 7.48. The predicted molar refractivity (Wildman–Crippen MR) is 82.2 cm³/mol. The number of rotatable bonds is 5. The normalized spacial score (nSPS) is 15.9.